The summed E-state index contributed by atoms with van der Waals surface area (Å²) in [6.07, 6.45) is 3.93. The van der Waals surface area contributed by atoms with Gasteiger partial charge in [0.1, 0.15) is 6.54 Å². The molecule has 0 unspecified atom stereocenters. The zero-order valence-corrected chi connectivity index (χ0v) is 18.6. The minimum atomic E-state index is -0.417. The standard InChI is InChI=1S/C21H26Cl2N4O3/c1-25-9-3-4-17(25)13-27(16-6-7-16)20(28)14-26(10-11-30-2)21(29)24-19-8-5-15(22)12-18(19)23/h3-5,8-9,12,16H,6-7,10-11,13-14H2,1-2H3,(H,24,29). The van der Waals surface area contributed by atoms with Gasteiger partial charge in [0.25, 0.3) is 0 Å². The molecule has 1 aromatic carbocycles. The van der Waals surface area contributed by atoms with Gasteiger partial charge in [-0.25, -0.2) is 4.79 Å². The number of ether oxygens (including phenoxy) is 1. The Hall–Kier alpha value is -2.22. The van der Waals surface area contributed by atoms with Crippen LogP contribution in [0.3, 0.4) is 0 Å². The number of benzene rings is 1. The van der Waals surface area contributed by atoms with Gasteiger partial charge in [-0.1, -0.05) is 23.2 Å². The molecule has 0 bridgehead atoms. The second kappa shape index (κ2) is 10.2. The smallest absolute Gasteiger partial charge is 0.322 e. The molecular weight excluding hydrogens is 427 g/mol. The largest absolute Gasteiger partial charge is 0.383 e. The number of halogens is 2. The van der Waals surface area contributed by atoms with E-state index in [0.29, 0.717) is 28.9 Å². The first kappa shape index (κ1) is 22.5. The second-order valence-corrected chi connectivity index (χ2v) is 8.18. The normalized spacial score (nSPS) is 13.2. The summed E-state index contributed by atoms with van der Waals surface area (Å²) >= 11 is 12.1. The third-order valence-corrected chi connectivity index (χ3v) is 5.59. The van der Waals surface area contributed by atoms with E-state index >= 15 is 0 Å². The van der Waals surface area contributed by atoms with Gasteiger partial charge in [0.2, 0.25) is 5.91 Å². The molecule has 30 heavy (non-hydrogen) atoms. The maximum atomic E-state index is 13.1. The molecule has 9 heteroatoms. The van der Waals surface area contributed by atoms with Gasteiger partial charge < -0.3 is 24.4 Å². The fourth-order valence-corrected chi connectivity index (χ4v) is 3.59. The van der Waals surface area contributed by atoms with Crippen LogP contribution < -0.4 is 5.32 Å². The van der Waals surface area contributed by atoms with E-state index in [9.17, 15) is 9.59 Å². The number of carbonyl (C=O) groups is 2. The van der Waals surface area contributed by atoms with E-state index in [2.05, 4.69) is 5.32 Å². The highest BCUT2D eigenvalue weighted by Crippen LogP contribution is 2.29. The van der Waals surface area contributed by atoms with Crippen molar-refractivity contribution in [2.24, 2.45) is 7.05 Å². The van der Waals surface area contributed by atoms with Crippen molar-refractivity contribution in [3.8, 4) is 0 Å². The van der Waals surface area contributed by atoms with Gasteiger partial charge in [-0.05, 0) is 43.2 Å². The summed E-state index contributed by atoms with van der Waals surface area (Å²) in [6, 6.07) is 8.59. The molecule has 1 saturated carbocycles. The topological polar surface area (TPSA) is 66.8 Å². The Kier molecular flexibility index (Phi) is 7.64. The van der Waals surface area contributed by atoms with Crippen LogP contribution in [0.2, 0.25) is 10.0 Å². The molecule has 7 nitrogen and oxygen atoms in total. The average molecular weight is 453 g/mol. The lowest BCUT2D eigenvalue weighted by Gasteiger charge is -2.28. The molecule has 162 valence electrons. The van der Waals surface area contributed by atoms with Gasteiger partial charge in [-0.2, -0.15) is 0 Å². The number of nitrogens with zero attached hydrogens (tertiary/aromatic N) is 3. The number of methoxy groups -OCH3 is 1. The van der Waals surface area contributed by atoms with Crippen LogP contribution in [0, 0.1) is 0 Å². The average Bonchev–Trinajstić information content (AvgIpc) is 3.47. The van der Waals surface area contributed by atoms with Gasteiger partial charge in [0.05, 0.1) is 23.9 Å². The van der Waals surface area contributed by atoms with Crippen LogP contribution in [0.4, 0.5) is 10.5 Å². The van der Waals surface area contributed by atoms with E-state index in [0.717, 1.165) is 18.5 Å². The lowest BCUT2D eigenvalue weighted by atomic mass is 10.3. The van der Waals surface area contributed by atoms with Crippen LogP contribution >= 0.6 is 23.2 Å². The summed E-state index contributed by atoms with van der Waals surface area (Å²) < 4.78 is 7.12. The molecule has 2 aromatic rings. The summed E-state index contributed by atoms with van der Waals surface area (Å²) in [5, 5.41) is 3.56. The Balaban J connectivity index is 1.69. The lowest BCUT2D eigenvalue weighted by molar-refractivity contribution is -0.133. The van der Waals surface area contributed by atoms with Crippen LogP contribution in [-0.2, 0) is 23.1 Å². The molecule has 3 amide bonds. The number of nitrogens with one attached hydrogen (secondary N) is 1. The Bertz CT molecular complexity index is 898. The number of rotatable bonds is 9. The fourth-order valence-electron chi connectivity index (χ4n) is 3.14. The summed E-state index contributed by atoms with van der Waals surface area (Å²) in [6.45, 7) is 1.08. The highest BCUT2D eigenvalue weighted by Gasteiger charge is 2.34. The number of carbonyl (C=O) groups excluding carboxylic acids is 2. The first-order valence-corrected chi connectivity index (χ1v) is 10.5. The molecular formula is C21H26Cl2N4O3. The summed E-state index contributed by atoms with van der Waals surface area (Å²) in [4.78, 5) is 29.3. The van der Waals surface area contributed by atoms with Crippen molar-refractivity contribution >= 4 is 40.8 Å². The van der Waals surface area contributed by atoms with Gasteiger partial charge >= 0.3 is 6.03 Å². The van der Waals surface area contributed by atoms with Crippen molar-refractivity contribution in [1.82, 2.24) is 14.4 Å². The van der Waals surface area contributed by atoms with Gasteiger partial charge in [-0.15, -0.1) is 0 Å². The van der Waals surface area contributed by atoms with Crippen molar-refractivity contribution in [3.05, 3.63) is 52.3 Å². The quantitative estimate of drug-likeness (QED) is 0.624. The van der Waals surface area contributed by atoms with Crippen molar-refractivity contribution < 1.29 is 14.3 Å². The predicted octanol–water partition coefficient (Wildman–Crippen LogP) is 4.00. The number of aryl methyl sites for hydroxylation is 1. The number of amides is 3. The highest BCUT2D eigenvalue weighted by molar-refractivity contribution is 6.36. The number of aromatic nitrogens is 1. The lowest BCUT2D eigenvalue weighted by Crippen LogP contribution is -2.46. The molecule has 0 atom stereocenters. The van der Waals surface area contributed by atoms with Crippen molar-refractivity contribution in [1.29, 1.82) is 0 Å². The molecule has 1 N–H and O–H groups in total. The van der Waals surface area contributed by atoms with Gasteiger partial charge in [0, 0.05) is 43.7 Å². The number of hydrogen-bond donors (Lipinski definition) is 1. The molecule has 0 aliphatic heterocycles. The Morgan fingerprint density at radius 3 is 2.63 bits per heavy atom. The molecule has 1 fully saturated rings. The van der Waals surface area contributed by atoms with Gasteiger partial charge in [0.15, 0.2) is 0 Å². The fraction of sp³-hybridized carbons (Fsp3) is 0.429. The van der Waals surface area contributed by atoms with Crippen LogP contribution in [0.5, 0.6) is 0 Å². The summed E-state index contributed by atoms with van der Waals surface area (Å²) in [7, 11) is 3.51. The first-order chi connectivity index (χ1) is 14.4. The Morgan fingerprint density at radius 1 is 1.27 bits per heavy atom. The third-order valence-electron chi connectivity index (χ3n) is 5.04. The molecule has 0 spiro atoms. The van der Waals surface area contributed by atoms with Crippen molar-refractivity contribution in [2.75, 3.05) is 32.1 Å². The van der Waals surface area contributed by atoms with E-state index in [1.54, 1.807) is 25.3 Å². The van der Waals surface area contributed by atoms with E-state index < -0.39 is 6.03 Å². The summed E-state index contributed by atoms with van der Waals surface area (Å²) in [5.74, 6) is -0.0906. The molecule has 1 aliphatic carbocycles. The third kappa shape index (κ3) is 5.90. The van der Waals surface area contributed by atoms with Crippen LogP contribution in [-0.4, -0.2) is 59.2 Å². The second-order valence-electron chi connectivity index (χ2n) is 7.33. The highest BCUT2D eigenvalue weighted by atomic mass is 35.5. The first-order valence-electron chi connectivity index (χ1n) is 9.78. The monoisotopic (exact) mass is 452 g/mol. The zero-order valence-electron chi connectivity index (χ0n) is 17.1. The van der Waals surface area contributed by atoms with Gasteiger partial charge in [-0.3, -0.25) is 4.79 Å². The van der Waals surface area contributed by atoms with E-state index in [1.165, 1.54) is 4.90 Å². The minimum absolute atomic E-state index is 0.0404. The SMILES string of the molecule is COCCN(CC(=O)N(Cc1cccn1C)C1CC1)C(=O)Nc1ccc(Cl)cc1Cl. The van der Waals surface area contributed by atoms with Crippen molar-refractivity contribution in [3.63, 3.8) is 0 Å². The van der Waals surface area contributed by atoms with E-state index in [4.69, 9.17) is 27.9 Å². The molecule has 0 radical (unpaired) electrons. The molecule has 1 heterocycles. The Labute approximate surface area is 186 Å². The number of anilines is 1. The molecule has 3 rings (SSSR count). The number of urea groups is 1. The van der Waals surface area contributed by atoms with E-state index in [1.807, 2.05) is 34.8 Å². The molecule has 1 aromatic heterocycles. The maximum Gasteiger partial charge on any atom is 0.322 e. The van der Waals surface area contributed by atoms with Crippen molar-refractivity contribution in [2.45, 2.75) is 25.4 Å². The van der Waals surface area contributed by atoms with Crippen LogP contribution in [0.1, 0.15) is 18.5 Å². The zero-order chi connectivity index (χ0) is 21.7. The maximum absolute atomic E-state index is 13.1. The molecule has 1 aliphatic rings. The van der Waals surface area contributed by atoms with Crippen LogP contribution in [0.25, 0.3) is 0 Å². The number of hydrogen-bond acceptors (Lipinski definition) is 3. The predicted molar refractivity (Wildman–Crippen MR) is 118 cm³/mol. The Morgan fingerprint density at radius 2 is 2.03 bits per heavy atom. The molecule has 0 saturated heterocycles. The minimum Gasteiger partial charge on any atom is -0.383 e. The van der Waals surface area contributed by atoms with Crippen LogP contribution in [0.15, 0.2) is 36.5 Å². The van der Waals surface area contributed by atoms with E-state index in [-0.39, 0.29) is 25.0 Å². The summed E-state index contributed by atoms with van der Waals surface area (Å²) in [5.41, 5.74) is 1.49.